The van der Waals surface area contributed by atoms with Gasteiger partial charge in [0.25, 0.3) is 0 Å². The Kier molecular flexibility index (Phi) is 6.30. The molecule has 0 aliphatic heterocycles. The number of carbonyl (C=O) groups excluding carboxylic acids is 1. The van der Waals surface area contributed by atoms with E-state index in [9.17, 15) is 18.0 Å². The van der Waals surface area contributed by atoms with Crippen LogP contribution in [0.1, 0.15) is 12.0 Å². The molecule has 0 unspecified atom stereocenters. The molecule has 0 fully saturated rings. The van der Waals surface area contributed by atoms with Crippen LogP contribution in [0.2, 0.25) is 0 Å². The average Bonchev–Trinajstić information content (AvgIpc) is 2.35. The molecule has 0 bridgehead atoms. The average molecular weight is 291 g/mol. The number of nitrogen functional groups attached to an aromatic ring is 1. The molecule has 0 radical (unpaired) electrons. The zero-order valence-corrected chi connectivity index (χ0v) is 10.8. The Balaban J connectivity index is 2.14. The third-order valence-electron chi connectivity index (χ3n) is 2.35. The number of hydrogen-bond donors (Lipinski definition) is 1. The van der Waals surface area contributed by atoms with Crippen molar-refractivity contribution < 1.29 is 27.4 Å². The molecule has 0 spiro atoms. The standard InChI is InChI=1S/C13H16F3NO3/c14-13(15,16)9-19-6-3-7-20-12(18)8-10-4-1-2-5-11(10)17/h1-2,4-5H,3,6-9,17H2. The maximum Gasteiger partial charge on any atom is 0.411 e. The fourth-order valence-corrected chi connectivity index (χ4v) is 1.44. The van der Waals surface area contributed by atoms with Gasteiger partial charge in [-0.15, -0.1) is 0 Å². The number of benzene rings is 1. The quantitative estimate of drug-likeness (QED) is 0.476. The van der Waals surface area contributed by atoms with Gasteiger partial charge < -0.3 is 15.2 Å². The van der Waals surface area contributed by atoms with E-state index in [1.165, 1.54) is 0 Å². The smallest absolute Gasteiger partial charge is 0.411 e. The fourth-order valence-electron chi connectivity index (χ4n) is 1.44. The highest BCUT2D eigenvalue weighted by Crippen LogP contribution is 2.14. The van der Waals surface area contributed by atoms with Gasteiger partial charge in [0.15, 0.2) is 0 Å². The molecule has 0 heterocycles. The highest BCUT2D eigenvalue weighted by molar-refractivity contribution is 5.74. The second-order valence-corrected chi connectivity index (χ2v) is 4.12. The maximum atomic E-state index is 11.8. The van der Waals surface area contributed by atoms with Crippen molar-refractivity contribution in [2.24, 2.45) is 0 Å². The van der Waals surface area contributed by atoms with Gasteiger partial charge in [-0.3, -0.25) is 4.79 Å². The van der Waals surface area contributed by atoms with Crippen LogP contribution in [0.5, 0.6) is 0 Å². The first-order valence-corrected chi connectivity index (χ1v) is 6.02. The first-order chi connectivity index (χ1) is 9.38. The lowest BCUT2D eigenvalue weighted by molar-refractivity contribution is -0.175. The van der Waals surface area contributed by atoms with E-state index >= 15 is 0 Å². The minimum atomic E-state index is -4.33. The van der Waals surface area contributed by atoms with E-state index < -0.39 is 18.8 Å². The van der Waals surface area contributed by atoms with Crippen LogP contribution >= 0.6 is 0 Å². The number of rotatable bonds is 7. The van der Waals surface area contributed by atoms with Crippen molar-refractivity contribution in [1.82, 2.24) is 0 Å². The normalized spacial score (nSPS) is 11.3. The summed E-state index contributed by atoms with van der Waals surface area (Å²) in [5.74, 6) is -0.473. The lowest BCUT2D eigenvalue weighted by atomic mass is 10.1. The Morgan fingerprint density at radius 1 is 1.20 bits per heavy atom. The topological polar surface area (TPSA) is 61.6 Å². The van der Waals surface area contributed by atoms with Gasteiger partial charge in [0.2, 0.25) is 0 Å². The van der Waals surface area contributed by atoms with Crippen LogP contribution < -0.4 is 5.73 Å². The summed E-state index contributed by atoms with van der Waals surface area (Å²) >= 11 is 0. The minimum Gasteiger partial charge on any atom is -0.465 e. The molecule has 2 N–H and O–H groups in total. The van der Waals surface area contributed by atoms with Crippen LogP contribution in [0.3, 0.4) is 0 Å². The van der Waals surface area contributed by atoms with Crippen molar-refractivity contribution in [2.75, 3.05) is 25.6 Å². The second kappa shape index (κ2) is 7.74. The summed E-state index contributed by atoms with van der Waals surface area (Å²) in [5.41, 5.74) is 6.83. The molecular formula is C13H16F3NO3. The van der Waals surface area contributed by atoms with Crippen LogP contribution in [0.15, 0.2) is 24.3 Å². The number of alkyl halides is 3. The number of nitrogens with two attached hydrogens (primary N) is 1. The first-order valence-electron chi connectivity index (χ1n) is 6.02. The van der Waals surface area contributed by atoms with Crippen molar-refractivity contribution in [2.45, 2.75) is 19.0 Å². The molecule has 0 aliphatic rings. The molecule has 1 aromatic carbocycles. The van der Waals surface area contributed by atoms with Gasteiger partial charge in [-0.1, -0.05) is 18.2 Å². The van der Waals surface area contributed by atoms with Crippen LogP contribution in [-0.2, 0) is 20.7 Å². The molecule has 1 aromatic rings. The number of esters is 1. The number of halogens is 3. The molecule has 0 saturated heterocycles. The van der Waals surface area contributed by atoms with E-state index in [1.807, 2.05) is 0 Å². The summed E-state index contributed by atoms with van der Waals surface area (Å²) in [7, 11) is 0. The predicted molar refractivity (Wildman–Crippen MR) is 67.0 cm³/mol. The highest BCUT2D eigenvalue weighted by Gasteiger charge is 2.27. The molecule has 0 atom stereocenters. The Labute approximate surface area is 114 Å². The van der Waals surface area contributed by atoms with Gasteiger partial charge in [0.1, 0.15) is 6.61 Å². The zero-order chi connectivity index (χ0) is 15.0. The Morgan fingerprint density at radius 2 is 1.90 bits per heavy atom. The Hall–Kier alpha value is -1.76. The van der Waals surface area contributed by atoms with Gasteiger partial charge >= 0.3 is 12.1 Å². The molecule has 112 valence electrons. The predicted octanol–water partition coefficient (Wildman–Crippen LogP) is 2.32. The highest BCUT2D eigenvalue weighted by atomic mass is 19.4. The molecule has 0 aliphatic carbocycles. The summed E-state index contributed by atoms with van der Waals surface area (Å²) in [6.45, 7) is -1.38. The van der Waals surface area contributed by atoms with E-state index in [4.69, 9.17) is 10.5 Å². The van der Waals surface area contributed by atoms with Crippen molar-refractivity contribution >= 4 is 11.7 Å². The summed E-state index contributed by atoms with van der Waals surface area (Å²) < 4.78 is 44.5. The van der Waals surface area contributed by atoms with E-state index in [2.05, 4.69) is 4.74 Å². The molecular weight excluding hydrogens is 275 g/mol. The Bertz CT molecular complexity index is 435. The molecule has 4 nitrogen and oxygen atoms in total. The lowest BCUT2D eigenvalue weighted by Gasteiger charge is -2.08. The maximum absolute atomic E-state index is 11.8. The van der Waals surface area contributed by atoms with E-state index in [1.54, 1.807) is 24.3 Å². The molecule has 20 heavy (non-hydrogen) atoms. The van der Waals surface area contributed by atoms with E-state index in [0.29, 0.717) is 11.3 Å². The first kappa shape index (κ1) is 16.3. The largest absolute Gasteiger partial charge is 0.465 e. The second-order valence-electron chi connectivity index (χ2n) is 4.12. The number of carbonyl (C=O) groups is 1. The minimum absolute atomic E-state index is 0.0173. The van der Waals surface area contributed by atoms with Crippen molar-refractivity contribution in [3.63, 3.8) is 0 Å². The van der Waals surface area contributed by atoms with Crippen molar-refractivity contribution in [3.8, 4) is 0 Å². The van der Waals surface area contributed by atoms with Gasteiger partial charge in [0.05, 0.1) is 19.6 Å². The molecule has 0 aromatic heterocycles. The number of anilines is 1. The number of ether oxygens (including phenoxy) is 2. The summed E-state index contributed by atoms with van der Waals surface area (Å²) in [6.07, 6.45) is -4.08. The SMILES string of the molecule is Nc1ccccc1CC(=O)OCCCOCC(F)(F)F. The molecule has 0 saturated carbocycles. The van der Waals surface area contributed by atoms with Crippen LogP contribution in [0.4, 0.5) is 18.9 Å². The van der Waals surface area contributed by atoms with E-state index in [0.717, 1.165) is 0 Å². The Morgan fingerprint density at radius 3 is 2.55 bits per heavy atom. The molecule has 1 rings (SSSR count). The summed E-state index contributed by atoms with van der Waals surface area (Å²) in [5, 5.41) is 0. The summed E-state index contributed by atoms with van der Waals surface area (Å²) in [4.78, 5) is 11.5. The van der Waals surface area contributed by atoms with E-state index in [-0.39, 0.29) is 26.1 Å². The van der Waals surface area contributed by atoms with Crippen molar-refractivity contribution in [3.05, 3.63) is 29.8 Å². The third kappa shape index (κ3) is 6.98. The van der Waals surface area contributed by atoms with Crippen LogP contribution in [-0.4, -0.2) is 32.0 Å². The molecule has 7 heteroatoms. The van der Waals surface area contributed by atoms with Gasteiger partial charge in [-0.05, 0) is 11.6 Å². The van der Waals surface area contributed by atoms with Crippen LogP contribution in [0, 0.1) is 0 Å². The third-order valence-corrected chi connectivity index (χ3v) is 2.35. The lowest BCUT2D eigenvalue weighted by Crippen LogP contribution is -2.18. The number of para-hydroxylation sites is 1. The fraction of sp³-hybridized carbons (Fsp3) is 0.462. The number of hydrogen-bond acceptors (Lipinski definition) is 4. The van der Waals surface area contributed by atoms with Crippen LogP contribution in [0.25, 0.3) is 0 Å². The molecule has 0 amide bonds. The summed E-state index contributed by atoms with van der Waals surface area (Å²) in [6, 6.07) is 6.89. The van der Waals surface area contributed by atoms with Gasteiger partial charge in [-0.25, -0.2) is 0 Å². The monoisotopic (exact) mass is 291 g/mol. The van der Waals surface area contributed by atoms with Gasteiger partial charge in [-0.2, -0.15) is 13.2 Å². The zero-order valence-electron chi connectivity index (χ0n) is 10.8. The van der Waals surface area contributed by atoms with Gasteiger partial charge in [0, 0.05) is 12.1 Å². The van der Waals surface area contributed by atoms with Crippen molar-refractivity contribution in [1.29, 1.82) is 0 Å².